The summed E-state index contributed by atoms with van der Waals surface area (Å²) in [5, 5.41) is 9.59. The van der Waals surface area contributed by atoms with Crippen molar-refractivity contribution in [2.24, 2.45) is 0 Å². The van der Waals surface area contributed by atoms with E-state index in [1.807, 2.05) is 13.8 Å². The van der Waals surface area contributed by atoms with Crippen LogP contribution in [0.3, 0.4) is 0 Å². The van der Waals surface area contributed by atoms with Gasteiger partial charge in [-0.25, -0.2) is 0 Å². The maximum Gasteiger partial charge on any atom is 0.163 e. The predicted molar refractivity (Wildman–Crippen MR) is 40.7 cm³/mol. The van der Waals surface area contributed by atoms with E-state index in [0.29, 0.717) is 13.2 Å². The third kappa shape index (κ3) is 1.61. The second-order valence-electron chi connectivity index (χ2n) is 3.73. The molecular formula is C8H14O4. The molecule has 12 heavy (non-hydrogen) atoms. The molecule has 2 aliphatic rings. The molecule has 0 radical (unpaired) electrons. The summed E-state index contributed by atoms with van der Waals surface area (Å²) in [6.07, 6.45) is -0.799. The van der Waals surface area contributed by atoms with Crippen molar-refractivity contribution in [2.75, 3.05) is 13.2 Å². The third-order valence-electron chi connectivity index (χ3n) is 2.15. The lowest BCUT2D eigenvalue weighted by molar-refractivity contribution is -0.152. The first kappa shape index (κ1) is 8.44. The van der Waals surface area contributed by atoms with E-state index in [9.17, 15) is 5.11 Å². The van der Waals surface area contributed by atoms with E-state index >= 15 is 0 Å². The van der Waals surface area contributed by atoms with Gasteiger partial charge in [-0.05, 0) is 13.8 Å². The van der Waals surface area contributed by atoms with Gasteiger partial charge in [0.1, 0.15) is 18.3 Å². The van der Waals surface area contributed by atoms with E-state index in [0.717, 1.165) is 0 Å². The molecule has 0 aromatic rings. The van der Waals surface area contributed by atoms with Crippen molar-refractivity contribution in [3.8, 4) is 0 Å². The molecule has 2 aliphatic heterocycles. The van der Waals surface area contributed by atoms with Gasteiger partial charge in [-0.1, -0.05) is 0 Å². The Bertz CT molecular complexity index is 176. The van der Waals surface area contributed by atoms with E-state index in [4.69, 9.17) is 14.2 Å². The minimum Gasteiger partial charge on any atom is -0.388 e. The summed E-state index contributed by atoms with van der Waals surface area (Å²) < 4.78 is 15.7. The number of epoxide rings is 1. The molecule has 2 rings (SSSR count). The lowest BCUT2D eigenvalue weighted by atomic mass is 10.1. The van der Waals surface area contributed by atoms with Crippen LogP contribution >= 0.6 is 0 Å². The molecule has 4 heteroatoms. The Labute approximate surface area is 71.4 Å². The molecule has 0 unspecified atom stereocenters. The second-order valence-corrected chi connectivity index (χ2v) is 3.73. The van der Waals surface area contributed by atoms with E-state index < -0.39 is 11.9 Å². The molecular weight excluding hydrogens is 160 g/mol. The summed E-state index contributed by atoms with van der Waals surface area (Å²) in [7, 11) is 0. The highest BCUT2D eigenvalue weighted by atomic mass is 16.7. The Morgan fingerprint density at radius 1 is 1.33 bits per heavy atom. The molecule has 3 atom stereocenters. The number of hydrogen-bond acceptors (Lipinski definition) is 4. The maximum absolute atomic E-state index is 9.59. The van der Waals surface area contributed by atoms with Crippen LogP contribution in [0.4, 0.5) is 0 Å². The highest BCUT2D eigenvalue weighted by Crippen LogP contribution is 2.28. The Hall–Kier alpha value is -0.160. The zero-order chi connectivity index (χ0) is 8.77. The van der Waals surface area contributed by atoms with Gasteiger partial charge in [0.05, 0.1) is 13.2 Å². The molecule has 2 heterocycles. The van der Waals surface area contributed by atoms with Crippen LogP contribution in [-0.2, 0) is 14.2 Å². The first-order valence-electron chi connectivity index (χ1n) is 4.20. The van der Waals surface area contributed by atoms with Gasteiger partial charge in [-0.3, -0.25) is 0 Å². The summed E-state index contributed by atoms with van der Waals surface area (Å²) in [5.74, 6) is -0.555. The average molecular weight is 174 g/mol. The molecule has 1 N–H and O–H groups in total. The monoisotopic (exact) mass is 174 g/mol. The largest absolute Gasteiger partial charge is 0.388 e. The van der Waals surface area contributed by atoms with Crippen molar-refractivity contribution >= 4 is 0 Å². The number of rotatable bonds is 2. The summed E-state index contributed by atoms with van der Waals surface area (Å²) in [6, 6.07) is 0. The molecule has 2 saturated heterocycles. The van der Waals surface area contributed by atoms with Crippen LogP contribution in [0.5, 0.6) is 0 Å². The van der Waals surface area contributed by atoms with E-state index in [-0.39, 0.29) is 12.2 Å². The maximum atomic E-state index is 9.59. The minimum atomic E-state index is -0.555. The molecule has 70 valence electrons. The van der Waals surface area contributed by atoms with Gasteiger partial charge in [0.25, 0.3) is 0 Å². The van der Waals surface area contributed by atoms with Crippen molar-refractivity contribution in [3.63, 3.8) is 0 Å². The highest BCUT2D eigenvalue weighted by Gasteiger charge is 2.43. The fourth-order valence-electron chi connectivity index (χ4n) is 1.38. The van der Waals surface area contributed by atoms with Crippen LogP contribution in [0.25, 0.3) is 0 Å². The topological polar surface area (TPSA) is 51.2 Å². The lowest BCUT2D eigenvalue weighted by Crippen LogP contribution is -2.34. The Morgan fingerprint density at radius 2 is 2.00 bits per heavy atom. The van der Waals surface area contributed by atoms with Gasteiger partial charge in [0, 0.05) is 0 Å². The Kier molecular flexibility index (Phi) is 1.88. The van der Waals surface area contributed by atoms with Crippen LogP contribution in [0, 0.1) is 0 Å². The number of aliphatic hydroxyl groups is 1. The Balaban J connectivity index is 1.89. The van der Waals surface area contributed by atoms with Crippen LogP contribution in [-0.4, -0.2) is 42.4 Å². The molecule has 0 amide bonds. The summed E-state index contributed by atoms with van der Waals surface area (Å²) in [4.78, 5) is 0. The van der Waals surface area contributed by atoms with Crippen LogP contribution in [0.1, 0.15) is 13.8 Å². The van der Waals surface area contributed by atoms with Crippen LogP contribution in [0.15, 0.2) is 0 Å². The summed E-state index contributed by atoms with van der Waals surface area (Å²) in [6.45, 7) is 4.77. The molecule has 2 fully saturated rings. The number of ether oxygens (including phenoxy) is 3. The average Bonchev–Trinajstić information content (AvgIpc) is 2.75. The number of aliphatic hydroxyl groups excluding tert-OH is 1. The van der Waals surface area contributed by atoms with Gasteiger partial charge in [0.15, 0.2) is 5.79 Å². The summed E-state index contributed by atoms with van der Waals surface area (Å²) >= 11 is 0. The van der Waals surface area contributed by atoms with Gasteiger partial charge < -0.3 is 19.3 Å². The summed E-state index contributed by atoms with van der Waals surface area (Å²) in [5.41, 5.74) is 0. The van der Waals surface area contributed by atoms with Gasteiger partial charge in [-0.15, -0.1) is 0 Å². The van der Waals surface area contributed by atoms with Gasteiger partial charge in [-0.2, -0.15) is 0 Å². The molecule has 0 aliphatic carbocycles. The van der Waals surface area contributed by atoms with Crippen molar-refractivity contribution in [1.82, 2.24) is 0 Å². The first-order valence-corrected chi connectivity index (χ1v) is 4.20. The third-order valence-corrected chi connectivity index (χ3v) is 2.15. The van der Waals surface area contributed by atoms with E-state index in [1.54, 1.807) is 0 Å². The standard InChI is InChI=1S/C8H14O4/c1-8(2)11-4-6(12-8)7(9)5-3-10-5/h5-7,9H,3-4H2,1-2H3/t5-,6-,7-/m1/s1. The van der Waals surface area contributed by atoms with Crippen molar-refractivity contribution < 1.29 is 19.3 Å². The second kappa shape index (κ2) is 2.67. The van der Waals surface area contributed by atoms with Crippen molar-refractivity contribution in [3.05, 3.63) is 0 Å². The minimum absolute atomic E-state index is 0.0347. The van der Waals surface area contributed by atoms with E-state index in [2.05, 4.69) is 0 Å². The van der Waals surface area contributed by atoms with Crippen LogP contribution in [0.2, 0.25) is 0 Å². The molecule has 0 aromatic heterocycles. The predicted octanol–water partition coefficient (Wildman–Crippen LogP) is -0.102. The highest BCUT2D eigenvalue weighted by molar-refractivity contribution is 4.88. The van der Waals surface area contributed by atoms with Crippen molar-refractivity contribution in [2.45, 2.75) is 37.9 Å². The normalized spacial score (nSPS) is 41.2. The molecule has 4 nitrogen and oxygen atoms in total. The fourth-order valence-corrected chi connectivity index (χ4v) is 1.38. The van der Waals surface area contributed by atoms with E-state index in [1.165, 1.54) is 0 Å². The first-order chi connectivity index (χ1) is 5.58. The quantitative estimate of drug-likeness (QED) is 0.594. The van der Waals surface area contributed by atoms with Gasteiger partial charge >= 0.3 is 0 Å². The number of hydrogen-bond donors (Lipinski definition) is 1. The zero-order valence-corrected chi connectivity index (χ0v) is 7.32. The molecule has 0 saturated carbocycles. The molecule has 0 aromatic carbocycles. The molecule has 0 bridgehead atoms. The Morgan fingerprint density at radius 3 is 2.42 bits per heavy atom. The van der Waals surface area contributed by atoms with Gasteiger partial charge in [0.2, 0.25) is 0 Å². The molecule has 0 spiro atoms. The van der Waals surface area contributed by atoms with Crippen LogP contribution < -0.4 is 0 Å². The van der Waals surface area contributed by atoms with Crippen molar-refractivity contribution in [1.29, 1.82) is 0 Å². The smallest absolute Gasteiger partial charge is 0.163 e. The lowest BCUT2D eigenvalue weighted by Gasteiger charge is -2.19. The zero-order valence-electron chi connectivity index (χ0n) is 7.32. The fraction of sp³-hybridized carbons (Fsp3) is 1.00. The SMILES string of the molecule is CC1(C)OC[C@H]([C@H](O)[C@H]2CO2)O1.